The molecule has 3 heteroatoms. The number of esters is 1. The van der Waals surface area contributed by atoms with Crippen molar-refractivity contribution >= 4 is 11.8 Å². The van der Waals surface area contributed by atoms with Gasteiger partial charge in [0.1, 0.15) is 5.78 Å². The van der Waals surface area contributed by atoms with Crippen LogP contribution in [0.3, 0.4) is 0 Å². The third-order valence-corrected chi connectivity index (χ3v) is 2.57. The van der Waals surface area contributed by atoms with Crippen molar-refractivity contribution in [3.63, 3.8) is 0 Å². The van der Waals surface area contributed by atoms with Crippen LogP contribution in [0.15, 0.2) is 12.2 Å². The van der Waals surface area contributed by atoms with Crippen LogP contribution in [0.5, 0.6) is 0 Å². The van der Waals surface area contributed by atoms with Crippen molar-refractivity contribution in [2.45, 2.75) is 32.1 Å². The molecular formula is C11H16O3. The average molecular weight is 196 g/mol. The lowest BCUT2D eigenvalue weighted by Crippen LogP contribution is -2.05. The maximum atomic E-state index is 11.2. The molecule has 1 saturated carbocycles. The van der Waals surface area contributed by atoms with Crippen LogP contribution < -0.4 is 0 Å². The van der Waals surface area contributed by atoms with Crippen molar-refractivity contribution in [1.82, 2.24) is 0 Å². The highest BCUT2D eigenvalue weighted by atomic mass is 16.5. The molecule has 0 aromatic heterocycles. The van der Waals surface area contributed by atoms with Crippen molar-refractivity contribution in [1.29, 1.82) is 0 Å². The summed E-state index contributed by atoms with van der Waals surface area (Å²) in [4.78, 5) is 21.9. The van der Waals surface area contributed by atoms with E-state index in [0.29, 0.717) is 5.78 Å². The first kappa shape index (κ1) is 11.0. The molecule has 0 heterocycles. The Morgan fingerprint density at radius 1 is 1.64 bits per heavy atom. The van der Waals surface area contributed by atoms with Crippen LogP contribution in [0.25, 0.3) is 0 Å². The zero-order chi connectivity index (χ0) is 10.4. The molecule has 1 aliphatic rings. The van der Waals surface area contributed by atoms with Crippen LogP contribution in [0, 0.1) is 5.92 Å². The molecule has 0 spiro atoms. The average Bonchev–Trinajstić information content (AvgIpc) is 2.58. The second-order valence-electron chi connectivity index (χ2n) is 3.56. The van der Waals surface area contributed by atoms with Crippen LogP contribution in [-0.2, 0) is 14.3 Å². The minimum atomic E-state index is -0.331. The van der Waals surface area contributed by atoms with Gasteiger partial charge in [-0.1, -0.05) is 6.08 Å². The highest BCUT2D eigenvalue weighted by Gasteiger charge is 2.22. The van der Waals surface area contributed by atoms with E-state index in [-0.39, 0.29) is 11.9 Å². The summed E-state index contributed by atoms with van der Waals surface area (Å²) in [6.07, 6.45) is 7.63. The summed E-state index contributed by atoms with van der Waals surface area (Å²) in [5, 5.41) is 0. The Hall–Kier alpha value is -1.12. The number of ketones is 1. The van der Waals surface area contributed by atoms with Gasteiger partial charge >= 0.3 is 5.97 Å². The number of carbonyl (C=O) groups is 2. The molecule has 1 aliphatic carbocycles. The Balaban J connectivity index is 2.17. The number of allylic oxidation sites excluding steroid dienone is 1. The topological polar surface area (TPSA) is 43.4 Å². The fourth-order valence-electron chi connectivity index (χ4n) is 1.74. The predicted molar refractivity (Wildman–Crippen MR) is 52.7 cm³/mol. The van der Waals surface area contributed by atoms with E-state index in [1.54, 1.807) is 6.08 Å². The number of ether oxygens (including phenoxy) is 1. The van der Waals surface area contributed by atoms with E-state index in [0.717, 1.165) is 32.1 Å². The second-order valence-corrected chi connectivity index (χ2v) is 3.56. The summed E-state index contributed by atoms with van der Waals surface area (Å²) in [5.41, 5.74) is 0. The van der Waals surface area contributed by atoms with Gasteiger partial charge in [0.05, 0.1) is 7.11 Å². The molecule has 1 rings (SSSR count). The van der Waals surface area contributed by atoms with E-state index in [9.17, 15) is 9.59 Å². The lowest BCUT2D eigenvalue weighted by Gasteiger charge is -2.03. The van der Waals surface area contributed by atoms with Gasteiger partial charge in [-0.25, -0.2) is 4.79 Å². The molecule has 78 valence electrons. The Labute approximate surface area is 84.1 Å². The molecule has 3 nitrogen and oxygen atoms in total. The Kier molecular flexibility index (Phi) is 4.36. The zero-order valence-corrected chi connectivity index (χ0v) is 8.49. The van der Waals surface area contributed by atoms with Crippen molar-refractivity contribution in [2.75, 3.05) is 7.11 Å². The third kappa shape index (κ3) is 3.32. The quantitative estimate of drug-likeness (QED) is 0.509. The molecule has 1 fully saturated rings. The highest BCUT2D eigenvalue weighted by molar-refractivity contribution is 5.83. The van der Waals surface area contributed by atoms with E-state index in [1.165, 1.54) is 13.2 Å². The predicted octanol–water partition coefficient (Wildman–Crippen LogP) is 1.86. The number of rotatable bonds is 4. The maximum Gasteiger partial charge on any atom is 0.330 e. The third-order valence-electron chi connectivity index (χ3n) is 2.57. The van der Waals surface area contributed by atoms with Crippen LogP contribution in [0.2, 0.25) is 0 Å². The monoisotopic (exact) mass is 196 g/mol. The molecule has 0 bridgehead atoms. The van der Waals surface area contributed by atoms with Gasteiger partial charge < -0.3 is 4.74 Å². The summed E-state index contributed by atoms with van der Waals surface area (Å²) >= 11 is 0. The van der Waals surface area contributed by atoms with Crippen LogP contribution in [0.4, 0.5) is 0 Å². The maximum absolute atomic E-state index is 11.2. The van der Waals surface area contributed by atoms with E-state index in [1.807, 2.05) is 0 Å². The number of carbonyl (C=O) groups excluding carboxylic acids is 2. The lowest BCUT2D eigenvalue weighted by molar-refractivity contribution is -0.134. The molecule has 0 aliphatic heterocycles. The lowest BCUT2D eigenvalue weighted by atomic mass is 10.0. The van der Waals surface area contributed by atoms with Gasteiger partial charge in [0, 0.05) is 18.4 Å². The Morgan fingerprint density at radius 3 is 3.00 bits per heavy atom. The zero-order valence-electron chi connectivity index (χ0n) is 8.49. The molecule has 0 radical (unpaired) electrons. The Morgan fingerprint density at radius 2 is 2.43 bits per heavy atom. The fourth-order valence-corrected chi connectivity index (χ4v) is 1.74. The van der Waals surface area contributed by atoms with E-state index in [4.69, 9.17) is 0 Å². The summed E-state index contributed by atoms with van der Waals surface area (Å²) in [7, 11) is 1.35. The summed E-state index contributed by atoms with van der Waals surface area (Å²) < 4.78 is 4.45. The number of methoxy groups -OCH3 is 1. The minimum absolute atomic E-state index is 0.234. The van der Waals surface area contributed by atoms with E-state index < -0.39 is 0 Å². The van der Waals surface area contributed by atoms with Crippen molar-refractivity contribution in [2.24, 2.45) is 5.92 Å². The smallest absolute Gasteiger partial charge is 0.330 e. The van der Waals surface area contributed by atoms with Gasteiger partial charge in [0.2, 0.25) is 0 Å². The molecule has 0 N–H and O–H groups in total. The molecule has 0 aromatic carbocycles. The van der Waals surface area contributed by atoms with E-state index in [2.05, 4.69) is 4.74 Å². The minimum Gasteiger partial charge on any atom is -0.466 e. The standard InChI is InChI=1S/C11H16O3/c1-14-11(13)8-3-2-5-9-6-4-7-10(9)12/h3,8-9H,2,4-7H2,1H3/b8-3+. The van der Waals surface area contributed by atoms with Crippen molar-refractivity contribution in [3.05, 3.63) is 12.2 Å². The van der Waals surface area contributed by atoms with Gasteiger partial charge in [-0.05, 0) is 25.7 Å². The largest absolute Gasteiger partial charge is 0.466 e. The van der Waals surface area contributed by atoms with Crippen LogP contribution >= 0.6 is 0 Å². The SMILES string of the molecule is COC(=O)/C=C/CCC1CCCC1=O. The van der Waals surface area contributed by atoms with Crippen molar-refractivity contribution in [3.8, 4) is 0 Å². The second kappa shape index (κ2) is 5.58. The van der Waals surface area contributed by atoms with Gasteiger partial charge in [-0.15, -0.1) is 0 Å². The first-order valence-electron chi connectivity index (χ1n) is 5.01. The van der Waals surface area contributed by atoms with Gasteiger partial charge in [-0.3, -0.25) is 4.79 Å². The van der Waals surface area contributed by atoms with Crippen LogP contribution in [-0.4, -0.2) is 18.9 Å². The number of hydrogen-bond donors (Lipinski definition) is 0. The molecule has 0 amide bonds. The number of Topliss-reactive ketones (excluding diaryl/α,β-unsaturated/α-hetero) is 1. The molecular weight excluding hydrogens is 180 g/mol. The molecule has 14 heavy (non-hydrogen) atoms. The normalized spacial score (nSPS) is 21.8. The first-order chi connectivity index (χ1) is 6.74. The van der Waals surface area contributed by atoms with Crippen LogP contribution in [0.1, 0.15) is 32.1 Å². The summed E-state index contributed by atoms with van der Waals surface area (Å²) in [5.74, 6) is 0.288. The first-order valence-corrected chi connectivity index (χ1v) is 5.01. The van der Waals surface area contributed by atoms with Gasteiger partial charge in [-0.2, -0.15) is 0 Å². The Bertz CT molecular complexity index is 243. The highest BCUT2D eigenvalue weighted by Crippen LogP contribution is 2.25. The summed E-state index contributed by atoms with van der Waals surface area (Å²) in [6.45, 7) is 0. The molecule has 0 saturated heterocycles. The van der Waals surface area contributed by atoms with E-state index >= 15 is 0 Å². The van der Waals surface area contributed by atoms with Gasteiger partial charge in [0.25, 0.3) is 0 Å². The van der Waals surface area contributed by atoms with Gasteiger partial charge in [0.15, 0.2) is 0 Å². The fraction of sp³-hybridized carbons (Fsp3) is 0.636. The molecule has 1 unspecified atom stereocenters. The van der Waals surface area contributed by atoms with Crippen molar-refractivity contribution < 1.29 is 14.3 Å². The molecule has 1 atom stereocenters. The molecule has 0 aromatic rings. The summed E-state index contributed by atoms with van der Waals surface area (Å²) in [6, 6.07) is 0. The number of hydrogen-bond acceptors (Lipinski definition) is 3.